The SMILES string of the molecule is Cc1ccc(Cl)cc1-c1cc(Nc2ccc(F)cc2)nc(N)n1. The van der Waals surface area contributed by atoms with Crippen molar-refractivity contribution in [2.24, 2.45) is 0 Å². The van der Waals surface area contributed by atoms with Gasteiger partial charge in [-0.15, -0.1) is 0 Å². The lowest BCUT2D eigenvalue weighted by molar-refractivity contribution is 0.628. The first-order valence-corrected chi connectivity index (χ1v) is 7.33. The molecular weight excluding hydrogens is 315 g/mol. The highest BCUT2D eigenvalue weighted by atomic mass is 35.5. The zero-order valence-electron chi connectivity index (χ0n) is 12.3. The molecule has 1 heterocycles. The van der Waals surface area contributed by atoms with Crippen LogP contribution in [0.5, 0.6) is 0 Å². The molecule has 2 aromatic carbocycles. The van der Waals surface area contributed by atoms with Crippen molar-refractivity contribution < 1.29 is 4.39 Å². The van der Waals surface area contributed by atoms with Gasteiger partial charge in [0.05, 0.1) is 5.69 Å². The molecular formula is C17H14ClFN4. The van der Waals surface area contributed by atoms with E-state index in [1.54, 1.807) is 18.2 Å². The average Bonchev–Trinajstić information content (AvgIpc) is 2.51. The minimum absolute atomic E-state index is 0.145. The minimum Gasteiger partial charge on any atom is -0.368 e. The van der Waals surface area contributed by atoms with E-state index in [1.807, 2.05) is 25.1 Å². The number of nitrogens with zero attached hydrogens (tertiary/aromatic N) is 2. The lowest BCUT2D eigenvalue weighted by Crippen LogP contribution is -2.02. The summed E-state index contributed by atoms with van der Waals surface area (Å²) in [4.78, 5) is 8.43. The monoisotopic (exact) mass is 328 g/mol. The molecule has 0 bridgehead atoms. The zero-order valence-corrected chi connectivity index (χ0v) is 13.1. The molecule has 0 aliphatic rings. The molecule has 0 saturated carbocycles. The van der Waals surface area contributed by atoms with Crippen LogP contribution in [0, 0.1) is 12.7 Å². The van der Waals surface area contributed by atoms with Gasteiger partial charge in [0, 0.05) is 22.3 Å². The lowest BCUT2D eigenvalue weighted by Gasteiger charge is -2.10. The molecule has 1 aromatic heterocycles. The lowest BCUT2D eigenvalue weighted by atomic mass is 10.1. The van der Waals surface area contributed by atoms with Crippen LogP contribution in [-0.2, 0) is 0 Å². The van der Waals surface area contributed by atoms with Crippen LogP contribution >= 0.6 is 11.6 Å². The Morgan fingerprint density at radius 3 is 2.52 bits per heavy atom. The van der Waals surface area contributed by atoms with E-state index >= 15 is 0 Å². The summed E-state index contributed by atoms with van der Waals surface area (Å²) in [6.45, 7) is 1.97. The Morgan fingerprint density at radius 1 is 1.04 bits per heavy atom. The highest BCUT2D eigenvalue weighted by Crippen LogP contribution is 2.28. The van der Waals surface area contributed by atoms with Gasteiger partial charge >= 0.3 is 0 Å². The quantitative estimate of drug-likeness (QED) is 0.739. The molecule has 6 heteroatoms. The molecule has 0 aliphatic carbocycles. The Morgan fingerprint density at radius 2 is 1.78 bits per heavy atom. The van der Waals surface area contributed by atoms with Crippen LogP contribution in [0.25, 0.3) is 11.3 Å². The fourth-order valence-corrected chi connectivity index (χ4v) is 2.39. The van der Waals surface area contributed by atoms with Crippen LogP contribution in [0.2, 0.25) is 5.02 Å². The fraction of sp³-hybridized carbons (Fsp3) is 0.0588. The number of hydrogen-bond donors (Lipinski definition) is 2. The normalized spacial score (nSPS) is 10.6. The molecule has 4 nitrogen and oxygen atoms in total. The van der Waals surface area contributed by atoms with Gasteiger partial charge in [-0.2, -0.15) is 4.98 Å². The molecule has 23 heavy (non-hydrogen) atoms. The molecule has 0 spiro atoms. The molecule has 116 valence electrons. The summed E-state index contributed by atoms with van der Waals surface area (Å²) in [6.07, 6.45) is 0. The topological polar surface area (TPSA) is 63.8 Å². The second-order valence-corrected chi connectivity index (χ2v) is 5.52. The van der Waals surface area contributed by atoms with Crippen LogP contribution in [0.1, 0.15) is 5.56 Å². The second-order valence-electron chi connectivity index (χ2n) is 5.09. The highest BCUT2D eigenvalue weighted by molar-refractivity contribution is 6.30. The summed E-state index contributed by atoms with van der Waals surface area (Å²) >= 11 is 6.07. The Balaban J connectivity index is 1.99. The van der Waals surface area contributed by atoms with Crippen LogP contribution in [-0.4, -0.2) is 9.97 Å². The molecule has 3 rings (SSSR count). The van der Waals surface area contributed by atoms with Gasteiger partial charge in [0.2, 0.25) is 5.95 Å². The average molecular weight is 329 g/mol. The number of aromatic nitrogens is 2. The Labute approximate surface area is 138 Å². The summed E-state index contributed by atoms with van der Waals surface area (Å²) in [5.41, 5.74) is 9.09. The largest absolute Gasteiger partial charge is 0.368 e. The standard InChI is InChI=1S/C17H14ClFN4/c1-10-2-3-11(18)8-14(10)15-9-16(23-17(20)22-15)21-13-6-4-12(19)5-7-13/h2-9H,1H3,(H3,20,21,22,23). The van der Waals surface area contributed by atoms with Crippen molar-refractivity contribution in [1.82, 2.24) is 9.97 Å². The number of aryl methyl sites for hydroxylation is 1. The van der Waals surface area contributed by atoms with Crippen molar-refractivity contribution >= 4 is 29.1 Å². The number of anilines is 3. The van der Waals surface area contributed by atoms with Gasteiger partial charge in [-0.3, -0.25) is 0 Å². The zero-order chi connectivity index (χ0) is 16.4. The Kier molecular flexibility index (Phi) is 4.12. The van der Waals surface area contributed by atoms with E-state index in [9.17, 15) is 4.39 Å². The summed E-state index contributed by atoms with van der Waals surface area (Å²) in [5.74, 6) is 0.373. The summed E-state index contributed by atoms with van der Waals surface area (Å²) in [5, 5.41) is 3.71. The van der Waals surface area contributed by atoms with Crippen molar-refractivity contribution in [3.05, 3.63) is 64.9 Å². The van der Waals surface area contributed by atoms with E-state index < -0.39 is 0 Å². The Bertz CT molecular complexity index is 850. The molecule has 0 fully saturated rings. The third-order valence-corrected chi connectivity index (χ3v) is 3.57. The van der Waals surface area contributed by atoms with Crippen molar-refractivity contribution in [3.8, 4) is 11.3 Å². The number of halogens is 2. The fourth-order valence-electron chi connectivity index (χ4n) is 2.22. The van der Waals surface area contributed by atoms with Crippen molar-refractivity contribution in [3.63, 3.8) is 0 Å². The van der Waals surface area contributed by atoms with E-state index in [4.69, 9.17) is 17.3 Å². The van der Waals surface area contributed by atoms with Crippen molar-refractivity contribution in [1.29, 1.82) is 0 Å². The Hall–Kier alpha value is -2.66. The van der Waals surface area contributed by atoms with Gasteiger partial charge in [0.15, 0.2) is 0 Å². The smallest absolute Gasteiger partial charge is 0.222 e. The highest BCUT2D eigenvalue weighted by Gasteiger charge is 2.09. The van der Waals surface area contributed by atoms with Crippen molar-refractivity contribution in [2.45, 2.75) is 6.92 Å². The molecule has 0 unspecified atom stereocenters. The van der Waals surface area contributed by atoms with E-state index in [2.05, 4.69) is 15.3 Å². The van der Waals surface area contributed by atoms with Gasteiger partial charge in [-0.05, 0) is 48.9 Å². The number of rotatable bonds is 3. The number of nitrogen functional groups attached to an aromatic ring is 1. The summed E-state index contributed by atoms with van der Waals surface area (Å²) in [6, 6.07) is 13.3. The van der Waals surface area contributed by atoms with Crippen LogP contribution in [0.15, 0.2) is 48.5 Å². The van der Waals surface area contributed by atoms with E-state index in [0.29, 0.717) is 22.2 Å². The molecule has 3 N–H and O–H groups in total. The van der Waals surface area contributed by atoms with Gasteiger partial charge in [-0.1, -0.05) is 17.7 Å². The van der Waals surface area contributed by atoms with Crippen molar-refractivity contribution in [2.75, 3.05) is 11.1 Å². The first kappa shape index (κ1) is 15.2. The first-order valence-electron chi connectivity index (χ1n) is 6.95. The molecule has 0 radical (unpaired) electrons. The number of nitrogens with one attached hydrogen (secondary N) is 1. The molecule has 0 atom stereocenters. The third-order valence-electron chi connectivity index (χ3n) is 3.34. The molecule has 0 aliphatic heterocycles. The summed E-state index contributed by atoms with van der Waals surface area (Å²) in [7, 11) is 0. The number of nitrogens with two attached hydrogens (primary N) is 1. The minimum atomic E-state index is -0.298. The summed E-state index contributed by atoms with van der Waals surface area (Å²) < 4.78 is 13.0. The van der Waals surface area contributed by atoms with E-state index in [-0.39, 0.29) is 11.8 Å². The predicted molar refractivity (Wildman–Crippen MR) is 91.3 cm³/mol. The van der Waals surface area contributed by atoms with Crippen LogP contribution in [0.4, 0.5) is 21.8 Å². The number of hydrogen-bond acceptors (Lipinski definition) is 4. The van der Waals surface area contributed by atoms with Gasteiger partial charge in [0.25, 0.3) is 0 Å². The molecule has 0 saturated heterocycles. The molecule has 3 aromatic rings. The third kappa shape index (κ3) is 3.57. The molecule has 0 amide bonds. The van der Waals surface area contributed by atoms with Gasteiger partial charge < -0.3 is 11.1 Å². The maximum Gasteiger partial charge on any atom is 0.222 e. The first-order chi connectivity index (χ1) is 11.0. The second kappa shape index (κ2) is 6.22. The van der Waals surface area contributed by atoms with Gasteiger partial charge in [0.1, 0.15) is 11.6 Å². The number of benzene rings is 2. The predicted octanol–water partition coefficient (Wildman–Crippen LogP) is 4.57. The maximum absolute atomic E-state index is 13.0. The maximum atomic E-state index is 13.0. The van der Waals surface area contributed by atoms with E-state index in [1.165, 1.54) is 12.1 Å². The van der Waals surface area contributed by atoms with E-state index in [0.717, 1.165) is 11.1 Å². The van der Waals surface area contributed by atoms with Crippen LogP contribution < -0.4 is 11.1 Å². The van der Waals surface area contributed by atoms with Crippen LogP contribution in [0.3, 0.4) is 0 Å². The van der Waals surface area contributed by atoms with Gasteiger partial charge in [-0.25, -0.2) is 9.37 Å².